The zero-order chi connectivity index (χ0) is 24.2. The zero-order valence-corrected chi connectivity index (χ0v) is 18.7. The molecule has 0 aliphatic carbocycles. The summed E-state index contributed by atoms with van der Waals surface area (Å²) < 4.78 is 0. The molecule has 6 nitrogen and oxygen atoms in total. The fourth-order valence-corrected chi connectivity index (χ4v) is 3.56. The van der Waals surface area contributed by atoms with Crippen LogP contribution in [0, 0.1) is 10.1 Å². The Balaban J connectivity index is 0.000000229. The van der Waals surface area contributed by atoms with Crippen LogP contribution in [-0.4, -0.2) is 10.9 Å². The van der Waals surface area contributed by atoms with Crippen molar-refractivity contribution in [3.63, 3.8) is 0 Å². The normalized spacial score (nSPS) is 10.3. The summed E-state index contributed by atoms with van der Waals surface area (Å²) >= 11 is 0. The molecule has 0 aliphatic rings. The number of nitro groups is 1. The molecule has 4 rings (SSSR count). The first kappa shape index (κ1) is 24.4. The Labute approximate surface area is 198 Å². The lowest BCUT2D eigenvalue weighted by atomic mass is 10.1. The SMILES string of the molecule is O=C([O-])c1ccc([N+](=O)[O-])cc1.c1ccc(C[NH+](Cc2ccccc2)Cc2ccccc2)cc1. The third kappa shape index (κ3) is 8.00. The molecule has 0 aliphatic heterocycles. The van der Waals surface area contributed by atoms with Gasteiger partial charge in [0.1, 0.15) is 19.6 Å². The van der Waals surface area contributed by atoms with Crippen LogP contribution in [0.4, 0.5) is 5.69 Å². The first-order valence-electron chi connectivity index (χ1n) is 10.9. The average molecular weight is 455 g/mol. The number of rotatable bonds is 8. The summed E-state index contributed by atoms with van der Waals surface area (Å²) in [6.45, 7) is 3.14. The van der Waals surface area contributed by atoms with Gasteiger partial charge >= 0.3 is 0 Å². The van der Waals surface area contributed by atoms with E-state index < -0.39 is 10.9 Å². The Morgan fingerprint density at radius 1 is 0.618 bits per heavy atom. The van der Waals surface area contributed by atoms with Crippen LogP contribution >= 0.6 is 0 Å². The lowest BCUT2D eigenvalue weighted by Crippen LogP contribution is -3.08. The van der Waals surface area contributed by atoms with Gasteiger partial charge in [0.25, 0.3) is 5.69 Å². The molecule has 0 fully saturated rings. The van der Waals surface area contributed by atoms with Crippen LogP contribution in [-0.2, 0) is 19.6 Å². The van der Waals surface area contributed by atoms with Crippen LogP contribution in [0.1, 0.15) is 27.0 Å². The number of carbonyl (C=O) groups excluding carboxylic acids is 1. The maximum absolute atomic E-state index is 10.2. The summed E-state index contributed by atoms with van der Waals surface area (Å²) in [5, 5.41) is 20.3. The van der Waals surface area contributed by atoms with Gasteiger partial charge in [-0.25, -0.2) is 0 Å². The lowest BCUT2D eigenvalue weighted by Gasteiger charge is -2.20. The van der Waals surface area contributed by atoms with E-state index in [-0.39, 0.29) is 11.3 Å². The van der Waals surface area contributed by atoms with Crippen molar-refractivity contribution < 1.29 is 19.7 Å². The largest absolute Gasteiger partial charge is 0.545 e. The van der Waals surface area contributed by atoms with E-state index >= 15 is 0 Å². The number of carboxylic acid groups (broad SMARTS) is 1. The molecule has 0 radical (unpaired) electrons. The molecule has 0 aromatic heterocycles. The number of nitrogens with zero attached hydrogens (tertiary/aromatic N) is 1. The number of quaternary nitrogens is 1. The summed E-state index contributed by atoms with van der Waals surface area (Å²) in [5.74, 6) is -1.34. The topological polar surface area (TPSA) is 87.7 Å². The minimum absolute atomic E-state index is 0.0689. The van der Waals surface area contributed by atoms with Gasteiger partial charge in [0.15, 0.2) is 0 Å². The molecule has 0 atom stereocenters. The third-order valence-electron chi connectivity index (χ3n) is 5.20. The second kappa shape index (κ2) is 12.7. The van der Waals surface area contributed by atoms with Crippen molar-refractivity contribution in [1.82, 2.24) is 0 Å². The molecular weight excluding hydrogens is 428 g/mol. The smallest absolute Gasteiger partial charge is 0.269 e. The van der Waals surface area contributed by atoms with E-state index in [2.05, 4.69) is 91.0 Å². The van der Waals surface area contributed by atoms with Gasteiger partial charge in [-0.3, -0.25) is 10.1 Å². The standard InChI is InChI=1S/C21H21N.C7H5NO4/c1-4-10-19(11-5-1)16-22(17-20-12-6-2-7-13-20)18-21-14-8-3-9-15-21;9-7(10)5-1-3-6(4-2-5)8(11)12/h1-15H,16-18H2;1-4H,(H,9,10). The number of benzene rings is 4. The Morgan fingerprint density at radius 2 is 0.971 bits per heavy atom. The second-order valence-electron chi connectivity index (χ2n) is 7.83. The average Bonchev–Trinajstić information content (AvgIpc) is 2.86. The van der Waals surface area contributed by atoms with Crippen molar-refractivity contribution in [3.8, 4) is 0 Å². The summed E-state index contributed by atoms with van der Waals surface area (Å²) in [6.07, 6.45) is 0. The molecule has 0 unspecified atom stereocenters. The molecule has 1 N–H and O–H groups in total. The first-order chi connectivity index (χ1) is 16.5. The molecule has 34 heavy (non-hydrogen) atoms. The maximum atomic E-state index is 10.2. The molecule has 6 heteroatoms. The van der Waals surface area contributed by atoms with Crippen molar-refractivity contribution in [2.24, 2.45) is 0 Å². The summed E-state index contributed by atoms with van der Waals surface area (Å²) in [5.41, 5.74) is 3.97. The molecule has 0 saturated carbocycles. The van der Waals surface area contributed by atoms with E-state index in [1.807, 2.05) is 0 Å². The van der Waals surface area contributed by atoms with E-state index in [0.717, 1.165) is 43.9 Å². The van der Waals surface area contributed by atoms with Crippen molar-refractivity contribution >= 4 is 11.7 Å². The highest BCUT2D eigenvalue weighted by Gasteiger charge is 2.11. The van der Waals surface area contributed by atoms with E-state index in [9.17, 15) is 20.0 Å². The number of hydrogen-bond acceptors (Lipinski definition) is 4. The fourth-order valence-electron chi connectivity index (χ4n) is 3.56. The molecule has 0 spiro atoms. The zero-order valence-electron chi connectivity index (χ0n) is 18.7. The Kier molecular flexibility index (Phi) is 9.08. The Bertz CT molecular complexity index is 1030. The van der Waals surface area contributed by atoms with Crippen molar-refractivity contribution in [1.29, 1.82) is 0 Å². The molecule has 0 amide bonds. The predicted molar refractivity (Wildman–Crippen MR) is 129 cm³/mol. The second-order valence-corrected chi connectivity index (χ2v) is 7.83. The maximum Gasteiger partial charge on any atom is 0.269 e. The van der Waals surface area contributed by atoms with Gasteiger partial charge < -0.3 is 14.8 Å². The van der Waals surface area contributed by atoms with Crippen LogP contribution in [0.2, 0.25) is 0 Å². The lowest BCUT2D eigenvalue weighted by molar-refractivity contribution is -0.941. The molecule has 0 heterocycles. The Morgan fingerprint density at radius 3 is 1.26 bits per heavy atom. The number of aromatic carboxylic acids is 1. The molecule has 0 bridgehead atoms. The number of nitro benzene ring substituents is 1. The summed E-state index contributed by atoms with van der Waals surface area (Å²) in [6, 6.07) is 36.8. The van der Waals surface area contributed by atoms with Gasteiger partial charge in [-0.1, -0.05) is 91.0 Å². The monoisotopic (exact) mass is 454 g/mol. The summed E-state index contributed by atoms with van der Waals surface area (Å²) in [7, 11) is 0. The Hall–Kier alpha value is -4.29. The highest BCUT2D eigenvalue weighted by Crippen LogP contribution is 2.10. The molecule has 172 valence electrons. The van der Waals surface area contributed by atoms with E-state index in [1.165, 1.54) is 16.7 Å². The van der Waals surface area contributed by atoms with Gasteiger partial charge in [0.2, 0.25) is 0 Å². The minimum Gasteiger partial charge on any atom is -0.545 e. The van der Waals surface area contributed by atoms with Crippen LogP contribution in [0.15, 0.2) is 115 Å². The predicted octanol–water partition coefficient (Wildman–Crippen LogP) is 3.43. The van der Waals surface area contributed by atoms with Gasteiger partial charge in [-0.2, -0.15) is 0 Å². The quantitative estimate of drug-likeness (QED) is 0.326. The number of nitrogens with one attached hydrogen (secondary N) is 1. The van der Waals surface area contributed by atoms with Crippen molar-refractivity contribution in [3.05, 3.63) is 148 Å². The van der Waals surface area contributed by atoms with E-state index in [0.29, 0.717) is 0 Å². The van der Waals surface area contributed by atoms with Crippen molar-refractivity contribution in [2.75, 3.05) is 0 Å². The number of hydrogen-bond donors (Lipinski definition) is 1. The molecule has 4 aromatic carbocycles. The number of carbonyl (C=O) groups is 1. The highest BCUT2D eigenvalue weighted by molar-refractivity contribution is 5.85. The van der Waals surface area contributed by atoms with Gasteiger partial charge in [-0.05, 0) is 17.7 Å². The molecule has 0 saturated heterocycles. The molecule has 4 aromatic rings. The van der Waals surface area contributed by atoms with E-state index in [1.54, 1.807) is 4.90 Å². The third-order valence-corrected chi connectivity index (χ3v) is 5.20. The summed E-state index contributed by atoms with van der Waals surface area (Å²) in [4.78, 5) is 21.3. The van der Waals surface area contributed by atoms with Gasteiger partial charge in [-0.15, -0.1) is 0 Å². The minimum atomic E-state index is -1.34. The number of non-ortho nitro benzene ring substituents is 1. The van der Waals surface area contributed by atoms with Crippen LogP contribution in [0.25, 0.3) is 0 Å². The van der Waals surface area contributed by atoms with Crippen LogP contribution < -0.4 is 10.0 Å². The fraction of sp³-hybridized carbons (Fsp3) is 0.107. The van der Waals surface area contributed by atoms with Gasteiger partial charge in [0.05, 0.1) is 10.9 Å². The molecular formula is C28H26N2O4. The van der Waals surface area contributed by atoms with Crippen LogP contribution in [0.3, 0.4) is 0 Å². The van der Waals surface area contributed by atoms with Crippen LogP contribution in [0.5, 0.6) is 0 Å². The van der Waals surface area contributed by atoms with E-state index in [4.69, 9.17) is 0 Å². The van der Waals surface area contributed by atoms with Gasteiger partial charge in [0, 0.05) is 28.8 Å². The first-order valence-corrected chi connectivity index (χ1v) is 10.9. The number of carboxylic acids is 1. The van der Waals surface area contributed by atoms with Crippen molar-refractivity contribution in [2.45, 2.75) is 19.6 Å². The highest BCUT2D eigenvalue weighted by atomic mass is 16.6.